The number of nitrogens with one attached hydrogen (secondary N) is 1. The van der Waals surface area contributed by atoms with Gasteiger partial charge in [0.05, 0.1) is 6.42 Å². The van der Waals surface area contributed by atoms with Crippen molar-refractivity contribution in [3.63, 3.8) is 0 Å². The summed E-state index contributed by atoms with van der Waals surface area (Å²) in [6, 6.07) is 5.92. The minimum atomic E-state index is 0.187. The summed E-state index contributed by atoms with van der Waals surface area (Å²) in [5.74, 6) is 0.731. The van der Waals surface area contributed by atoms with Crippen molar-refractivity contribution in [2.75, 3.05) is 26.7 Å². The van der Waals surface area contributed by atoms with Gasteiger partial charge in [-0.2, -0.15) is 5.10 Å². The van der Waals surface area contributed by atoms with Crippen LogP contribution in [0.1, 0.15) is 17.7 Å². The number of hydrogen-bond acceptors (Lipinski definition) is 4. The number of carbonyl (C=O) groups excluding carboxylic acids is 1. The molecule has 2 aromatic rings. The van der Waals surface area contributed by atoms with Crippen molar-refractivity contribution in [1.29, 1.82) is 0 Å². The van der Waals surface area contributed by atoms with Crippen molar-refractivity contribution in [3.8, 4) is 0 Å². The van der Waals surface area contributed by atoms with Crippen LogP contribution in [0.25, 0.3) is 0 Å². The molecule has 0 spiro atoms. The van der Waals surface area contributed by atoms with Crippen molar-refractivity contribution in [1.82, 2.24) is 25.0 Å². The number of pyridine rings is 1. The Bertz CT molecular complexity index is 613. The van der Waals surface area contributed by atoms with Gasteiger partial charge < -0.3 is 9.80 Å². The van der Waals surface area contributed by atoms with E-state index in [2.05, 4.69) is 33.2 Å². The Hall–Kier alpha value is -2.21. The van der Waals surface area contributed by atoms with E-state index in [0.717, 1.165) is 38.3 Å². The van der Waals surface area contributed by atoms with Crippen LogP contribution >= 0.6 is 0 Å². The van der Waals surface area contributed by atoms with Gasteiger partial charge in [0.2, 0.25) is 5.91 Å². The molecule has 1 N–H and O–H groups in total. The SMILES string of the molecule is CN(Cc1cccnc1)CC1CCN(C(=O)Cc2ccn[nH]2)C1. The normalized spacial score (nSPS) is 17.8. The quantitative estimate of drug-likeness (QED) is 0.874. The van der Waals surface area contributed by atoms with Gasteiger partial charge in [-0.25, -0.2) is 0 Å². The van der Waals surface area contributed by atoms with Crippen LogP contribution in [0, 0.1) is 5.92 Å². The lowest BCUT2D eigenvalue weighted by molar-refractivity contribution is -0.129. The van der Waals surface area contributed by atoms with Gasteiger partial charge in [-0.3, -0.25) is 14.9 Å². The van der Waals surface area contributed by atoms with Gasteiger partial charge in [0.15, 0.2) is 0 Å². The minimum absolute atomic E-state index is 0.187. The first-order chi connectivity index (χ1) is 11.2. The van der Waals surface area contributed by atoms with Crippen LogP contribution in [-0.4, -0.2) is 57.6 Å². The zero-order chi connectivity index (χ0) is 16.1. The van der Waals surface area contributed by atoms with E-state index in [0.29, 0.717) is 12.3 Å². The molecule has 1 aliphatic heterocycles. The third-order valence-corrected chi connectivity index (χ3v) is 4.28. The van der Waals surface area contributed by atoms with E-state index in [4.69, 9.17) is 0 Å². The van der Waals surface area contributed by atoms with Crippen LogP contribution in [0.15, 0.2) is 36.8 Å². The van der Waals surface area contributed by atoms with E-state index in [9.17, 15) is 4.79 Å². The van der Waals surface area contributed by atoms with Crippen LogP contribution in [-0.2, 0) is 17.8 Å². The Morgan fingerprint density at radius 1 is 1.43 bits per heavy atom. The maximum Gasteiger partial charge on any atom is 0.228 e. The first kappa shape index (κ1) is 15.7. The summed E-state index contributed by atoms with van der Waals surface area (Å²) in [4.78, 5) is 20.7. The molecular weight excluding hydrogens is 290 g/mol. The summed E-state index contributed by atoms with van der Waals surface area (Å²) in [7, 11) is 2.13. The number of rotatable bonds is 6. The van der Waals surface area contributed by atoms with E-state index < -0.39 is 0 Å². The fourth-order valence-electron chi connectivity index (χ4n) is 3.17. The molecule has 0 saturated carbocycles. The average molecular weight is 313 g/mol. The highest BCUT2D eigenvalue weighted by molar-refractivity contribution is 5.78. The minimum Gasteiger partial charge on any atom is -0.342 e. The molecule has 0 bridgehead atoms. The molecule has 1 aliphatic rings. The van der Waals surface area contributed by atoms with Gasteiger partial charge in [0.25, 0.3) is 0 Å². The number of nitrogens with zero attached hydrogens (tertiary/aromatic N) is 4. The van der Waals surface area contributed by atoms with E-state index >= 15 is 0 Å². The third-order valence-electron chi connectivity index (χ3n) is 4.28. The fourth-order valence-corrected chi connectivity index (χ4v) is 3.17. The van der Waals surface area contributed by atoms with Crippen LogP contribution in [0.3, 0.4) is 0 Å². The molecule has 1 fully saturated rings. The van der Waals surface area contributed by atoms with Crippen molar-refractivity contribution < 1.29 is 4.79 Å². The predicted molar refractivity (Wildman–Crippen MR) is 87.5 cm³/mol. The second kappa shape index (κ2) is 7.37. The predicted octanol–water partition coefficient (Wildman–Crippen LogP) is 1.33. The van der Waals surface area contributed by atoms with Gasteiger partial charge in [-0.15, -0.1) is 0 Å². The molecule has 122 valence electrons. The van der Waals surface area contributed by atoms with Gasteiger partial charge >= 0.3 is 0 Å². The van der Waals surface area contributed by atoms with Crippen molar-refractivity contribution in [2.45, 2.75) is 19.4 Å². The van der Waals surface area contributed by atoms with E-state index in [1.54, 1.807) is 12.4 Å². The van der Waals surface area contributed by atoms with E-state index in [1.165, 1.54) is 5.56 Å². The van der Waals surface area contributed by atoms with Gasteiger partial charge in [-0.05, 0) is 37.1 Å². The average Bonchev–Trinajstić information content (AvgIpc) is 3.20. The first-order valence-electron chi connectivity index (χ1n) is 8.04. The number of likely N-dealkylation sites (tertiary alicyclic amines) is 1. The molecule has 23 heavy (non-hydrogen) atoms. The topological polar surface area (TPSA) is 65.1 Å². The highest BCUT2D eigenvalue weighted by atomic mass is 16.2. The number of aromatic nitrogens is 3. The summed E-state index contributed by atoms with van der Waals surface area (Å²) >= 11 is 0. The zero-order valence-corrected chi connectivity index (χ0v) is 13.5. The number of aromatic amines is 1. The summed E-state index contributed by atoms with van der Waals surface area (Å²) in [6.45, 7) is 3.61. The number of carbonyl (C=O) groups is 1. The molecular formula is C17H23N5O. The van der Waals surface area contributed by atoms with Gasteiger partial charge in [0, 0.05) is 50.5 Å². The molecule has 3 heterocycles. The third kappa shape index (κ3) is 4.39. The highest BCUT2D eigenvalue weighted by Crippen LogP contribution is 2.18. The molecule has 6 nitrogen and oxygen atoms in total. The Kier molecular flexibility index (Phi) is 5.02. The Morgan fingerprint density at radius 2 is 2.35 bits per heavy atom. The smallest absolute Gasteiger partial charge is 0.228 e. The largest absolute Gasteiger partial charge is 0.342 e. The molecule has 3 rings (SSSR count). The van der Waals surface area contributed by atoms with Crippen LogP contribution in [0.5, 0.6) is 0 Å². The molecule has 0 radical (unpaired) electrons. The maximum absolute atomic E-state index is 12.3. The Labute approximate surface area is 136 Å². The van der Waals surface area contributed by atoms with Gasteiger partial charge in [-0.1, -0.05) is 6.07 Å². The lowest BCUT2D eigenvalue weighted by atomic mass is 10.1. The maximum atomic E-state index is 12.3. The van der Waals surface area contributed by atoms with Crippen molar-refractivity contribution in [3.05, 3.63) is 48.0 Å². The molecule has 6 heteroatoms. The zero-order valence-electron chi connectivity index (χ0n) is 13.5. The van der Waals surface area contributed by atoms with Crippen LogP contribution in [0.2, 0.25) is 0 Å². The molecule has 1 atom stereocenters. The van der Waals surface area contributed by atoms with Crippen LogP contribution < -0.4 is 0 Å². The number of amides is 1. The van der Waals surface area contributed by atoms with Crippen molar-refractivity contribution in [2.24, 2.45) is 5.92 Å². The second-order valence-electron chi connectivity index (χ2n) is 6.31. The number of H-pyrrole nitrogens is 1. The first-order valence-corrected chi connectivity index (χ1v) is 8.04. The summed E-state index contributed by atoms with van der Waals surface area (Å²) in [5.41, 5.74) is 2.10. The van der Waals surface area contributed by atoms with Gasteiger partial charge in [0.1, 0.15) is 0 Å². The van der Waals surface area contributed by atoms with E-state index in [1.807, 2.05) is 23.2 Å². The Morgan fingerprint density at radius 3 is 3.09 bits per heavy atom. The lowest BCUT2D eigenvalue weighted by Crippen LogP contribution is -2.32. The summed E-state index contributed by atoms with van der Waals surface area (Å²) in [5, 5.41) is 6.74. The van der Waals surface area contributed by atoms with Crippen LogP contribution in [0.4, 0.5) is 0 Å². The standard InChI is InChI=1S/C17H23N5O/c1-21(11-14-3-2-6-18-10-14)12-15-5-8-22(13-15)17(23)9-16-4-7-19-20-16/h2-4,6-7,10,15H,5,8-9,11-13H2,1H3,(H,19,20). The second-order valence-corrected chi connectivity index (χ2v) is 6.31. The molecule has 0 aliphatic carbocycles. The number of hydrogen-bond donors (Lipinski definition) is 1. The summed E-state index contributed by atoms with van der Waals surface area (Å²) in [6.07, 6.45) is 6.88. The molecule has 1 amide bonds. The molecule has 1 unspecified atom stereocenters. The monoisotopic (exact) mass is 313 g/mol. The Balaban J connectivity index is 1.45. The fraction of sp³-hybridized carbons (Fsp3) is 0.471. The molecule has 0 aromatic carbocycles. The summed E-state index contributed by atoms with van der Waals surface area (Å²) < 4.78 is 0. The van der Waals surface area contributed by atoms with Crippen molar-refractivity contribution >= 4 is 5.91 Å². The highest BCUT2D eigenvalue weighted by Gasteiger charge is 2.27. The molecule has 2 aromatic heterocycles. The lowest BCUT2D eigenvalue weighted by Gasteiger charge is -2.21. The van der Waals surface area contributed by atoms with E-state index in [-0.39, 0.29) is 5.91 Å². The molecule has 1 saturated heterocycles.